The highest BCUT2D eigenvalue weighted by Crippen LogP contribution is 2.47. The summed E-state index contributed by atoms with van der Waals surface area (Å²) in [6.45, 7) is 1.66. The van der Waals surface area contributed by atoms with Gasteiger partial charge in [0.05, 0.1) is 24.8 Å². The van der Waals surface area contributed by atoms with Gasteiger partial charge in [-0.15, -0.1) is 0 Å². The van der Waals surface area contributed by atoms with E-state index in [0.29, 0.717) is 37.5 Å². The Hall–Kier alpha value is -4.51. The number of carbonyl (C=O) groups is 1. The van der Waals surface area contributed by atoms with Crippen LogP contribution in [0.5, 0.6) is 17.2 Å². The van der Waals surface area contributed by atoms with Crippen LogP contribution in [-0.2, 0) is 16.1 Å². The summed E-state index contributed by atoms with van der Waals surface area (Å²) in [5.41, 5.74) is 0.373. The minimum atomic E-state index is -1.26. The summed E-state index contributed by atoms with van der Waals surface area (Å²) < 4.78 is 51.6. The Morgan fingerprint density at radius 2 is 1.90 bits per heavy atom. The molecule has 11 heteroatoms. The van der Waals surface area contributed by atoms with E-state index in [0.717, 1.165) is 12.1 Å². The number of benzene rings is 3. The molecule has 2 aliphatic heterocycles. The van der Waals surface area contributed by atoms with Crippen molar-refractivity contribution < 1.29 is 32.5 Å². The van der Waals surface area contributed by atoms with Gasteiger partial charge in [-0.3, -0.25) is 14.2 Å². The number of esters is 1. The lowest BCUT2D eigenvalue weighted by Crippen LogP contribution is -2.58. The van der Waals surface area contributed by atoms with Crippen molar-refractivity contribution in [1.82, 2.24) is 4.57 Å². The van der Waals surface area contributed by atoms with Crippen LogP contribution in [0, 0.1) is 17.6 Å². The van der Waals surface area contributed by atoms with Gasteiger partial charge in [-0.1, -0.05) is 35.6 Å². The highest BCUT2D eigenvalue weighted by atomic mass is 32.1. The van der Waals surface area contributed by atoms with E-state index in [1.807, 2.05) is 18.2 Å². The van der Waals surface area contributed by atoms with Crippen molar-refractivity contribution in [2.45, 2.75) is 25.3 Å². The molecular weight excluding hydrogens is 554 g/mol. The van der Waals surface area contributed by atoms with Crippen molar-refractivity contribution in [2.24, 2.45) is 10.9 Å². The molecule has 3 aromatic carbocycles. The molecule has 0 radical (unpaired) electrons. The first-order valence-corrected chi connectivity index (χ1v) is 13.5. The molecule has 0 saturated heterocycles. The number of ether oxygens (including phenoxy) is 4. The lowest BCUT2D eigenvalue weighted by Gasteiger charge is -2.44. The first kappa shape index (κ1) is 26.7. The molecule has 1 aromatic heterocycles. The Morgan fingerprint density at radius 1 is 1.12 bits per heavy atom. The van der Waals surface area contributed by atoms with Crippen LogP contribution in [-0.4, -0.2) is 30.5 Å². The van der Waals surface area contributed by atoms with E-state index in [9.17, 15) is 18.4 Å². The number of carbonyl (C=O) groups excluding carboxylic acids is 1. The summed E-state index contributed by atoms with van der Waals surface area (Å²) in [5, 5.41) is 0. The largest absolute Gasteiger partial charge is 0.496 e. The maximum atomic E-state index is 14.1. The van der Waals surface area contributed by atoms with E-state index in [4.69, 9.17) is 23.9 Å². The fourth-order valence-corrected chi connectivity index (χ4v) is 6.43. The second kappa shape index (κ2) is 10.2. The number of halogens is 2. The van der Waals surface area contributed by atoms with Crippen LogP contribution in [0.25, 0.3) is 6.08 Å². The molecule has 0 spiro atoms. The SMILES string of the molecule is COC(=O)C1C2c3ccccc3OC1(C)N=c1sc(=Cc3ccc(OC)c(COc4ccc(F)cc4F)c3)c(=O)n12. The fourth-order valence-electron chi connectivity index (χ4n) is 5.33. The second-order valence-corrected chi connectivity index (χ2v) is 10.8. The monoisotopic (exact) mass is 578 g/mol. The van der Waals surface area contributed by atoms with Gasteiger partial charge in [-0.25, -0.2) is 13.8 Å². The summed E-state index contributed by atoms with van der Waals surface area (Å²) in [7, 11) is 2.80. The normalized spacial score (nSPS) is 20.8. The minimum absolute atomic E-state index is 0.0575. The number of fused-ring (bicyclic) bond motifs is 6. The first-order chi connectivity index (χ1) is 19.7. The molecule has 210 valence electrons. The van der Waals surface area contributed by atoms with Crippen LogP contribution in [0.2, 0.25) is 0 Å². The molecule has 3 unspecified atom stereocenters. The molecule has 6 rings (SSSR count). The average molecular weight is 579 g/mol. The lowest BCUT2D eigenvalue weighted by molar-refractivity contribution is -0.158. The van der Waals surface area contributed by atoms with Gasteiger partial charge >= 0.3 is 5.97 Å². The van der Waals surface area contributed by atoms with Gasteiger partial charge in [-0.2, -0.15) is 0 Å². The number of thiazole rings is 1. The fraction of sp³-hybridized carbons (Fsp3) is 0.233. The van der Waals surface area contributed by atoms with Crippen LogP contribution < -0.4 is 29.1 Å². The third kappa shape index (κ3) is 4.55. The van der Waals surface area contributed by atoms with Crippen LogP contribution in [0.15, 0.2) is 70.5 Å². The molecule has 0 N–H and O–H groups in total. The molecule has 4 aromatic rings. The van der Waals surface area contributed by atoms with Gasteiger partial charge in [0.25, 0.3) is 5.56 Å². The number of rotatable bonds is 6. The molecular formula is C30H24F2N2O6S. The third-order valence-electron chi connectivity index (χ3n) is 7.21. The number of para-hydroxylation sites is 1. The molecule has 8 nitrogen and oxygen atoms in total. The van der Waals surface area contributed by atoms with Gasteiger partial charge in [-0.05, 0) is 48.9 Å². The van der Waals surface area contributed by atoms with Crippen molar-refractivity contribution in [3.05, 3.63) is 109 Å². The van der Waals surface area contributed by atoms with E-state index in [2.05, 4.69) is 0 Å². The molecule has 0 fully saturated rings. The van der Waals surface area contributed by atoms with Gasteiger partial charge in [0.1, 0.15) is 29.8 Å². The van der Waals surface area contributed by atoms with Gasteiger partial charge in [0.2, 0.25) is 5.72 Å². The van der Waals surface area contributed by atoms with E-state index >= 15 is 0 Å². The highest BCUT2D eigenvalue weighted by molar-refractivity contribution is 7.07. The molecule has 0 amide bonds. The summed E-state index contributed by atoms with van der Waals surface area (Å²) in [5.74, 6) is -1.97. The van der Waals surface area contributed by atoms with Crippen LogP contribution in [0.4, 0.5) is 8.78 Å². The van der Waals surface area contributed by atoms with Crippen molar-refractivity contribution in [3.8, 4) is 17.2 Å². The van der Waals surface area contributed by atoms with Gasteiger partial charge in [0, 0.05) is 17.2 Å². The summed E-state index contributed by atoms with van der Waals surface area (Å²) >= 11 is 1.19. The molecule has 0 saturated carbocycles. The first-order valence-electron chi connectivity index (χ1n) is 12.7. The average Bonchev–Trinajstić information content (AvgIpc) is 3.24. The maximum Gasteiger partial charge on any atom is 0.317 e. The van der Waals surface area contributed by atoms with Crippen molar-refractivity contribution in [1.29, 1.82) is 0 Å². The maximum absolute atomic E-state index is 14.1. The molecule has 41 heavy (non-hydrogen) atoms. The molecule has 3 heterocycles. The lowest BCUT2D eigenvalue weighted by atomic mass is 9.81. The van der Waals surface area contributed by atoms with Crippen LogP contribution in [0.1, 0.15) is 29.7 Å². The Morgan fingerprint density at radius 3 is 2.66 bits per heavy atom. The molecule has 2 aliphatic rings. The van der Waals surface area contributed by atoms with E-state index in [1.165, 1.54) is 36.2 Å². The smallest absolute Gasteiger partial charge is 0.317 e. The number of hydrogen-bond donors (Lipinski definition) is 0. The Kier molecular flexibility index (Phi) is 6.61. The Labute approximate surface area is 236 Å². The van der Waals surface area contributed by atoms with Crippen molar-refractivity contribution in [2.75, 3.05) is 14.2 Å². The number of aromatic nitrogens is 1. The topological polar surface area (TPSA) is 88.4 Å². The quantitative estimate of drug-likeness (QED) is 0.324. The standard InChI is InChI=1S/C30H24F2N2O6S/c1-30-25(28(36)38-3)26(19-6-4-5-7-22(19)40-30)34-27(35)24(41-29(34)33-30)13-16-8-10-21(37-2)17(12-16)15-39-23-11-9-18(31)14-20(23)32/h4-14,25-26H,15H2,1-3H3. The summed E-state index contributed by atoms with van der Waals surface area (Å²) in [6.07, 6.45) is 1.71. The number of methoxy groups -OCH3 is 2. The molecule has 3 atom stereocenters. The van der Waals surface area contributed by atoms with Gasteiger partial charge < -0.3 is 18.9 Å². The van der Waals surface area contributed by atoms with Crippen LogP contribution >= 0.6 is 11.3 Å². The van der Waals surface area contributed by atoms with E-state index in [1.54, 1.807) is 37.3 Å². The number of nitrogens with zero attached hydrogens (tertiary/aromatic N) is 2. The number of hydrogen-bond acceptors (Lipinski definition) is 8. The summed E-state index contributed by atoms with van der Waals surface area (Å²) in [6, 6.07) is 14.9. The molecule has 0 aliphatic carbocycles. The molecule has 2 bridgehead atoms. The summed E-state index contributed by atoms with van der Waals surface area (Å²) in [4.78, 5) is 32.0. The second-order valence-electron chi connectivity index (χ2n) is 9.76. The highest BCUT2D eigenvalue weighted by Gasteiger charge is 2.55. The Balaban J connectivity index is 1.43. The van der Waals surface area contributed by atoms with Crippen molar-refractivity contribution in [3.63, 3.8) is 0 Å². The third-order valence-corrected chi connectivity index (χ3v) is 8.20. The van der Waals surface area contributed by atoms with Crippen molar-refractivity contribution >= 4 is 23.4 Å². The Bertz CT molecular complexity index is 1870. The van der Waals surface area contributed by atoms with E-state index in [-0.39, 0.29) is 17.9 Å². The van der Waals surface area contributed by atoms with Crippen LogP contribution in [0.3, 0.4) is 0 Å². The predicted octanol–water partition coefficient (Wildman–Crippen LogP) is 3.72. The predicted molar refractivity (Wildman–Crippen MR) is 146 cm³/mol. The minimum Gasteiger partial charge on any atom is -0.496 e. The zero-order valence-corrected chi connectivity index (χ0v) is 23.0. The van der Waals surface area contributed by atoms with Gasteiger partial charge in [0.15, 0.2) is 16.4 Å². The zero-order chi connectivity index (χ0) is 28.9. The van der Waals surface area contributed by atoms with E-state index < -0.39 is 35.3 Å². The zero-order valence-electron chi connectivity index (χ0n) is 22.2.